The van der Waals surface area contributed by atoms with Crippen LogP contribution in [0.3, 0.4) is 0 Å². The maximum absolute atomic E-state index is 12.9. The van der Waals surface area contributed by atoms with E-state index in [1.54, 1.807) is 0 Å². The van der Waals surface area contributed by atoms with Crippen molar-refractivity contribution in [1.29, 1.82) is 0 Å². The monoisotopic (exact) mass is 222 g/mol. The third-order valence-electron chi connectivity index (χ3n) is 4.16. The first-order valence-corrected chi connectivity index (χ1v) is 6.89. The first-order valence-electron chi connectivity index (χ1n) is 6.89. The van der Waals surface area contributed by atoms with Gasteiger partial charge in [-0.1, -0.05) is 18.8 Å². The summed E-state index contributed by atoms with van der Waals surface area (Å²) in [6.45, 7) is 2.34. The highest BCUT2D eigenvalue weighted by Crippen LogP contribution is 2.29. The Labute approximate surface area is 99.0 Å². The zero-order chi connectivity index (χ0) is 11.4. The standard InChI is InChI=1S/C15H23F/c1-12-2-4-13(5-3-12)6-7-14-8-10-15(16)11-9-14/h12-15H,2-5,8-11H2,1H3. The van der Waals surface area contributed by atoms with Gasteiger partial charge < -0.3 is 0 Å². The molecule has 1 heteroatoms. The Hall–Kier alpha value is -0.510. The minimum Gasteiger partial charge on any atom is -0.247 e. The van der Waals surface area contributed by atoms with Crippen molar-refractivity contribution in [3.05, 3.63) is 0 Å². The lowest BCUT2D eigenvalue weighted by molar-refractivity contribution is 0.229. The number of rotatable bonds is 0. The second-order valence-corrected chi connectivity index (χ2v) is 5.69. The zero-order valence-corrected chi connectivity index (χ0v) is 10.3. The topological polar surface area (TPSA) is 0 Å². The summed E-state index contributed by atoms with van der Waals surface area (Å²) in [5.41, 5.74) is 0. The maximum Gasteiger partial charge on any atom is 0.100 e. The zero-order valence-electron chi connectivity index (χ0n) is 10.3. The molecule has 0 aromatic heterocycles. The largest absolute Gasteiger partial charge is 0.247 e. The number of hydrogen-bond donors (Lipinski definition) is 0. The Morgan fingerprint density at radius 3 is 1.69 bits per heavy atom. The molecule has 2 saturated carbocycles. The highest BCUT2D eigenvalue weighted by atomic mass is 19.1. The van der Waals surface area contributed by atoms with Gasteiger partial charge in [-0.15, -0.1) is 0 Å². The van der Waals surface area contributed by atoms with Gasteiger partial charge in [0.05, 0.1) is 0 Å². The van der Waals surface area contributed by atoms with Gasteiger partial charge in [-0.05, 0) is 57.3 Å². The normalized spacial score (nSPS) is 39.9. The summed E-state index contributed by atoms with van der Waals surface area (Å²) in [6, 6.07) is 0. The minimum atomic E-state index is -0.548. The van der Waals surface area contributed by atoms with Crippen LogP contribution in [0.5, 0.6) is 0 Å². The molecule has 0 aromatic carbocycles. The van der Waals surface area contributed by atoms with E-state index in [9.17, 15) is 4.39 Å². The van der Waals surface area contributed by atoms with Crippen molar-refractivity contribution < 1.29 is 4.39 Å². The summed E-state index contributed by atoms with van der Waals surface area (Å²) in [6.07, 6.45) is 8.15. The lowest BCUT2D eigenvalue weighted by Gasteiger charge is -2.23. The van der Waals surface area contributed by atoms with Crippen molar-refractivity contribution in [2.45, 2.75) is 64.5 Å². The van der Waals surface area contributed by atoms with Crippen LogP contribution < -0.4 is 0 Å². The Balaban J connectivity index is 1.76. The molecular formula is C15H23F. The Morgan fingerprint density at radius 2 is 1.19 bits per heavy atom. The fourth-order valence-electron chi connectivity index (χ4n) is 2.84. The van der Waals surface area contributed by atoms with Crippen molar-refractivity contribution >= 4 is 0 Å². The van der Waals surface area contributed by atoms with Gasteiger partial charge in [0, 0.05) is 11.8 Å². The summed E-state index contributed by atoms with van der Waals surface area (Å²) in [4.78, 5) is 0. The van der Waals surface area contributed by atoms with E-state index >= 15 is 0 Å². The van der Waals surface area contributed by atoms with E-state index in [2.05, 4.69) is 18.8 Å². The molecule has 2 fully saturated rings. The molecule has 0 saturated heterocycles. The van der Waals surface area contributed by atoms with Crippen molar-refractivity contribution in [2.75, 3.05) is 0 Å². The second kappa shape index (κ2) is 5.71. The van der Waals surface area contributed by atoms with E-state index in [4.69, 9.17) is 0 Å². The van der Waals surface area contributed by atoms with E-state index in [1.807, 2.05) is 0 Å². The molecule has 0 spiro atoms. The van der Waals surface area contributed by atoms with E-state index in [-0.39, 0.29) is 0 Å². The van der Waals surface area contributed by atoms with Crippen molar-refractivity contribution in [2.24, 2.45) is 17.8 Å². The molecule has 0 unspecified atom stereocenters. The fraction of sp³-hybridized carbons (Fsp3) is 0.867. The van der Waals surface area contributed by atoms with Crippen LogP contribution in [0.4, 0.5) is 4.39 Å². The molecule has 16 heavy (non-hydrogen) atoms. The van der Waals surface area contributed by atoms with Crippen LogP contribution >= 0.6 is 0 Å². The van der Waals surface area contributed by atoms with Crippen LogP contribution in [0.1, 0.15) is 58.3 Å². The van der Waals surface area contributed by atoms with Gasteiger partial charge in [-0.3, -0.25) is 0 Å². The van der Waals surface area contributed by atoms with Gasteiger partial charge in [0.15, 0.2) is 0 Å². The molecule has 2 aliphatic rings. The van der Waals surface area contributed by atoms with E-state index in [1.165, 1.54) is 25.7 Å². The van der Waals surface area contributed by atoms with Gasteiger partial charge >= 0.3 is 0 Å². The first kappa shape index (κ1) is 12.0. The summed E-state index contributed by atoms with van der Waals surface area (Å²) in [5.74, 6) is 8.90. The van der Waals surface area contributed by atoms with Crippen LogP contribution in [0, 0.1) is 29.6 Å². The third-order valence-corrected chi connectivity index (χ3v) is 4.16. The molecule has 90 valence electrons. The molecule has 0 bridgehead atoms. The highest BCUT2D eigenvalue weighted by molar-refractivity contribution is 5.09. The lowest BCUT2D eigenvalue weighted by Crippen LogP contribution is -2.14. The van der Waals surface area contributed by atoms with Gasteiger partial charge in [0.1, 0.15) is 6.17 Å². The van der Waals surface area contributed by atoms with Crippen LogP contribution in [0.15, 0.2) is 0 Å². The molecule has 0 amide bonds. The third kappa shape index (κ3) is 3.51. The minimum absolute atomic E-state index is 0.492. The number of halogens is 1. The van der Waals surface area contributed by atoms with Crippen molar-refractivity contribution in [3.8, 4) is 11.8 Å². The van der Waals surface area contributed by atoms with Gasteiger partial charge in [-0.25, -0.2) is 4.39 Å². The van der Waals surface area contributed by atoms with Crippen molar-refractivity contribution in [3.63, 3.8) is 0 Å². The van der Waals surface area contributed by atoms with Crippen molar-refractivity contribution in [1.82, 2.24) is 0 Å². The van der Waals surface area contributed by atoms with E-state index < -0.39 is 6.17 Å². The average molecular weight is 222 g/mol. The van der Waals surface area contributed by atoms with Crippen LogP contribution in [0.2, 0.25) is 0 Å². The van der Waals surface area contributed by atoms with Gasteiger partial charge in [-0.2, -0.15) is 0 Å². The maximum atomic E-state index is 12.9. The molecule has 2 aliphatic carbocycles. The Bertz CT molecular complexity index is 231. The number of hydrogen-bond acceptors (Lipinski definition) is 0. The number of alkyl halides is 1. The smallest absolute Gasteiger partial charge is 0.100 e. The SMILES string of the molecule is CC1CCC(C#CC2CCC(F)CC2)CC1. The summed E-state index contributed by atoms with van der Waals surface area (Å²) in [5, 5.41) is 0. The van der Waals surface area contributed by atoms with Gasteiger partial charge in [0.2, 0.25) is 0 Å². The second-order valence-electron chi connectivity index (χ2n) is 5.69. The Kier molecular flexibility index (Phi) is 4.27. The molecule has 0 nitrogen and oxygen atoms in total. The fourth-order valence-corrected chi connectivity index (χ4v) is 2.84. The molecule has 0 radical (unpaired) electrons. The predicted octanol–water partition coefficient (Wildman–Crippen LogP) is 4.34. The Morgan fingerprint density at radius 1 is 0.750 bits per heavy atom. The first-order chi connectivity index (χ1) is 7.74. The lowest BCUT2D eigenvalue weighted by atomic mass is 9.82. The van der Waals surface area contributed by atoms with Crippen LogP contribution in [-0.4, -0.2) is 6.17 Å². The van der Waals surface area contributed by atoms with Gasteiger partial charge in [0.25, 0.3) is 0 Å². The molecule has 0 N–H and O–H groups in total. The van der Waals surface area contributed by atoms with Crippen LogP contribution in [0.25, 0.3) is 0 Å². The molecule has 0 atom stereocenters. The summed E-state index contributed by atoms with van der Waals surface area (Å²) >= 11 is 0. The summed E-state index contributed by atoms with van der Waals surface area (Å²) in [7, 11) is 0. The molecule has 0 aliphatic heterocycles. The molecule has 0 heterocycles. The van der Waals surface area contributed by atoms with Crippen LogP contribution in [-0.2, 0) is 0 Å². The summed E-state index contributed by atoms with van der Waals surface area (Å²) < 4.78 is 12.9. The predicted molar refractivity (Wildman–Crippen MR) is 65.8 cm³/mol. The highest BCUT2D eigenvalue weighted by Gasteiger charge is 2.20. The van der Waals surface area contributed by atoms with E-state index in [0.717, 1.165) is 31.6 Å². The molecule has 2 rings (SSSR count). The quantitative estimate of drug-likeness (QED) is 0.535. The van der Waals surface area contributed by atoms with E-state index in [0.29, 0.717) is 11.8 Å². The average Bonchev–Trinajstić information content (AvgIpc) is 2.30. The molecular weight excluding hydrogens is 199 g/mol. The molecule has 0 aromatic rings.